The third kappa shape index (κ3) is 3.59. The lowest BCUT2D eigenvalue weighted by atomic mass is 10.2. The van der Waals surface area contributed by atoms with Crippen LogP contribution in [-0.2, 0) is 12.7 Å². The van der Waals surface area contributed by atoms with Crippen LogP contribution in [0.15, 0.2) is 54.7 Å². The number of aryl methyl sites for hydroxylation is 1. The van der Waals surface area contributed by atoms with E-state index >= 15 is 0 Å². The summed E-state index contributed by atoms with van der Waals surface area (Å²) in [5.74, 6) is 0. The van der Waals surface area contributed by atoms with Gasteiger partial charge in [-0.1, -0.05) is 43.3 Å². The molecule has 26 heavy (non-hydrogen) atoms. The molecule has 0 fully saturated rings. The number of imidazole rings is 1. The van der Waals surface area contributed by atoms with E-state index in [0.717, 1.165) is 23.7 Å². The topological polar surface area (TPSA) is 29.3 Å². The van der Waals surface area contributed by atoms with E-state index < -0.39 is 11.7 Å². The van der Waals surface area contributed by atoms with Gasteiger partial charge in [-0.15, -0.1) is 0 Å². The van der Waals surface area contributed by atoms with E-state index in [1.54, 1.807) is 13.1 Å². The fourth-order valence-electron chi connectivity index (χ4n) is 2.98. The molecule has 2 heterocycles. The van der Waals surface area contributed by atoms with E-state index in [1.165, 1.54) is 10.5 Å². The Balaban J connectivity index is 2.04. The summed E-state index contributed by atoms with van der Waals surface area (Å²) >= 11 is 0. The lowest BCUT2D eigenvalue weighted by Crippen LogP contribution is -2.14. The number of halogens is 3. The average molecular weight is 359 g/mol. The number of fused-ring (bicyclic) bond motifs is 1. The van der Waals surface area contributed by atoms with Crippen LogP contribution >= 0.6 is 0 Å². The predicted molar refractivity (Wildman–Crippen MR) is 96.5 cm³/mol. The molecule has 1 N–H and O–H groups in total. The van der Waals surface area contributed by atoms with Crippen LogP contribution in [0.5, 0.6) is 0 Å². The standard InChI is InChI=1S/C20H20F3N3/c1-3-8-17(24-13-15-9-5-4-6-10-15)18-14(2)25-19-16(20(21,22)23)11-7-12-26(18)19/h4-12,24H,3,13H2,1-2H3/b17-8-. The molecule has 2 aromatic heterocycles. The third-order valence-electron chi connectivity index (χ3n) is 4.12. The van der Waals surface area contributed by atoms with Gasteiger partial charge in [0.2, 0.25) is 0 Å². The van der Waals surface area contributed by atoms with Gasteiger partial charge in [-0.25, -0.2) is 4.98 Å². The highest BCUT2D eigenvalue weighted by molar-refractivity contribution is 5.68. The minimum absolute atomic E-state index is 0.0731. The Bertz CT molecular complexity index is 925. The van der Waals surface area contributed by atoms with Gasteiger partial charge >= 0.3 is 6.18 Å². The van der Waals surface area contributed by atoms with E-state index in [2.05, 4.69) is 10.3 Å². The number of pyridine rings is 1. The Morgan fingerprint density at radius 3 is 2.54 bits per heavy atom. The normalized spacial score (nSPS) is 12.6. The van der Waals surface area contributed by atoms with Gasteiger partial charge in [-0.3, -0.25) is 4.40 Å². The Hall–Kier alpha value is -2.76. The molecule has 0 saturated heterocycles. The van der Waals surface area contributed by atoms with E-state index in [0.29, 0.717) is 17.9 Å². The molecule has 0 amide bonds. The molecule has 6 heteroatoms. The van der Waals surface area contributed by atoms with Gasteiger partial charge < -0.3 is 5.32 Å². The van der Waals surface area contributed by atoms with Crippen molar-refractivity contribution in [2.75, 3.05) is 0 Å². The Kier molecular flexibility index (Phi) is 5.02. The molecule has 0 aliphatic rings. The summed E-state index contributed by atoms with van der Waals surface area (Å²) in [5, 5.41) is 3.35. The van der Waals surface area contributed by atoms with Crippen molar-refractivity contribution in [3.05, 3.63) is 77.3 Å². The largest absolute Gasteiger partial charge is 0.419 e. The summed E-state index contributed by atoms with van der Waals surface area (Å²) in [7, 11) is 0. The highest BCUT2D eigenvalue weighted by atomic mass is 19.4. The number of aromatic nitrogens is 2. The van der Waals surface area contributed by atoms with E-state index in [4.69, 9.17) is 0 Å². The van der Waals surface area contributed by atoms with Crippen LogP contribution in [0.4, 0.5) is 13.2 Å². The average Bonchev–Trinajstić information content (AvgIpc) is 2.94. The smallest absolute Gasteiger partial charge is 0.379 e. The van der Waals surface area contributed by atoms with Gasteiger partial charge in [0.25, 0.3) is 0 Å². The number of alkyl halides is 3. The number of hydrogen-bond donors (Lipinski definition) is 1. The van der Waals surface area contributed by atoms with Crippen molar-refractivity contribution in [2.45, 2.75) is 33.0 Å². The lowest BCUT2D eigenvalue weighted by Gasteiger charge is -2.13. The van der Waals surface area contributed by atoms with Gasteiger partial charge in [-0.05, 0) is 31.0 Å². The van der Waals surface area contributed by atoms with Crippen LogP contribution in [-0.4, -0.2) is 9.38 Å². The Morgan fingerprint density at radius 2 is 1.88 bits per heavy atom. The van der Waals surface area contributed by atoms with Crippen LogP contribution in [0.1, 0.15) is 35.9 Å². The maximum Gasteiger partial charge on any atom is 0.419 e. The van der Waals surface area contributed by atoms with Crippen molar-refractivity contribution in [2.24, 2.45) is 0 Å². The monoisotopic (exact) mass is 359 g/mol. The first-order valence-corrected chi connectivity index (χ1v) is 8.45. The maximum atomic E-state index is 13.3. The fourth-order valence-corrected chi connectivity index (χ4v) is 2.98. The molecule has 0 bridgehead atoms. The van der Waals surface area contributed by atoms with Gasteiger partial charge in [-0.2, -0.15) is 13.2 Å². The van der Waals surface area contributed by atoms with Gasteiger partial charge in [0.05, 0.1) is 22.6 Å². The van der Waals surface area contributed by atoms with E-state index in [-0.39, 0.29) is 5.65 Å². The zero-order valence-electron chi connectivity index (χ0n) is 14.6. The quantitative estimate of drug-likeness (QED) is 0.678. The molecule has 3 nitrogen and oxygen atoms in total. The Morgan fingerprint density at radius 1 is 1.15 bits per heavy atom. The molecule has 3 aromatic rings. The summed E-state index contributed by atoms with van der Waals surface area (Å²) in [6.07, 6.45) is -0.0975. The molecule has 0 saturated carbocycles. The second-order valence-electron chi connectivity index (χ2n) is 6.02. The van der Waals surface area contributed by atoms with Crippen molar-refractivity contribution in [1.82, 2.24) is 14.7 Å². The molecule has 3 rings (SSSR count). The summed E-state index contributed by atoms with van der Waals surface area (Å²) in [4.78, 5) is 4.20. The van der Waals surface area contributed by atoms with E-state index in [1.807, 2.05) is 43.3 Å². The molecule has 136 valence electrons. The van der Waals surface area contributed by atoms with Crippen LogP contribution in [0, 0.1) is 6.92 Å². The minimum atomic E-state index is -4.44. The maximum absolute atomic E-state index is 13.3. The second-order valence-corrected chi connectivity index (χ2v) is 6.02. The molecular formula is C20H20F3N3. The van der Waals surface area contributed by atoms with Crippen LogP contribution in [0.25, 0.3) is 11.3 Å². The summed E-state index contributed by atoms with van der Waals surface area (Å²) in [6, 6.07) is 12.3. The fraction of sp³-hybridized carbons (Fsp3) is 0.250. The SMILES string of the molecule is CC/C=C(\NCc1ccccc1)c1c(C)nc2c(C(F)(F)F)cccn12. The molecule has 0 radical (unpaired) electrons. The number of benzene rings is 1. The number of allylic oxidation sites excluding steroid dienone is 1. The number of hydrogen-bond acceptors (Lipinski definition) is 2. The van der Waals surface area contributed by atoms with E-state index in [9.17, 15) is 13.2 Å². The molecule has 0 atom stereocenters. The number of rotatable bonds is 5. The summed E-state index contributed by atoms with van der Waals surface area (Å²) in [6.45, 7) is 4.30. The minimum Gasteiger partial charge on any atom is -0.379 e. The van der Waals surface area contributed by atoms with Crippen molar-refractivity contribution in [3.63, 3.8) is 0 Å². The van der Waals surface area contributed by atoms with Crippen LogP contribution in [0.3, 0.4) is 0 Å². The number of nitrogens with one attached hydrogen (secondary N) is 1. The van der Waals surface area contributed by atoms with Crippen molar-refractivity contribution in [3.8, 4) is 0 Å². The molecule has 0 aliphatic carbocycles. The van der Waals surface area contributed by atoms with Crippen molar-refractivity contribution in [1.29, 1.82) is 0 Å². The van der Waals surface area contributed by atoms with Crippen molar-refractivity contribution < 1.29 is 13.2 Å². The predicted octanol–water partition coefficient (Wildman–Crippen LogP) is 5.20. The zero-order chi connectivity index (χ0) is 18.7. The molecule has 0 unspecified atom stereocenters. The first-order chi connectivity index (χ1) is 12.4. The van der Waals surface area contributed by atoms with Gasteiger partial charge in [0.1, 0.15) is 5.65 Å². The van der Waals surface area contributed by atoms with Crippen molar-refractivity contribution >= 4 is 11.3 Å². The third-order valence-corrected chi connectivity index (χ3v) is 4.12. The van der Waals surface area contributed by atoms with Crippen LogP contribution < -0.4 is 5.32 Å². The van der Waals surface area contributed by atoms with Gasteiger partial charge in [0, 0.05) is 12.7 Å². The first kappa shape index (κ1) is 18.0. The lowest BCUT2D eigenvalue weighted by molar-refractivity contribution is -0.136. The second kappa shape index (κ2) is 7.23. The first-order valence-electron chi connectivity index (χ1n) is 8.45. The zero-order valence-corrected chi connectivity index (χ0v) is 14.6. The molecular weight excluding hydrogens is 339 g/mol. The molecule has 0 spiro atoms. The van der Waals surface area contributed by atoms with Crippen LogP contribution in [0.2, 0.25) is 0 Å². The highest BCUT2D eigenvalue weighted by Gasteiger charge is 2.34. The molecule has 1 aromatic carbocycles. The Labute approximate surface area is 150 Å². The molecule has 0 aliphatic heterocycles. The summed E-state index contributed by atoms with van der Waals surface area (Å²) < 4.78 is 41.4. The summed E-state index contributed by atoms with van der Waals surface area (Å²) in [5.41, 5.74) is 2.28. The highest BCUT2D eigenvalue weighted by Crippen LogP contribution is 2.33. The van der Waals surface area contributed by atoms with Gasteiger partial charge in [0.15, 0.2) is 0 Å². The number of nitrogens with zero attached hydrogens (tertiary/aromatic N) is 2.